The SMILES string of the molecule is CCCC12OCC(C)(CO1)CO2. The summed E-state index contributed by atoms with van der Waals surface area (Å²) < 4.78 is 16.7. The molecule has 0 aromatic heterocycles. The minimum absolute atomic E-state index is 0.0927. The predicted octanol–water partition coefficient (Wildman–Crippen LogP) is 1.52. The summed E-state index contributed by atoms with van der Waals surface area (Å²) in [7, 11) is 0. The largest absolute Gasteiger partial charge is 0.327 e. The number of ether oxygens (including phenoxy) is 3. The maximum atomic E-state index is 5.56. The van der Waals surface area contributed by atoms with Crippen molar-refractivity contribution in [3.63, 3.8) is 0 Å². The molecule has 0 aromatic carbocycles. The van der Waals surface area contributed by atoms with Crippen LogP contribution in [0, 0.1) is 5.41 Å². The second kappa shape index (κ2) is 2.69. The van der Waals surface area contributed by atoms with Crippen LogP contribution in [0.1, 0.15) is 26.7 Å². The summed E-state index contributed by atoms with van der Waals surface area (Å²) in [5.41, 5.74) is 0.0927. The van der Waals surface area contributed by atoms with Crippen LogP contribution in [-0.4, -0.2) is 25.8 Å². The van der Waals surface area contributed by atoms with E-state index in [1.165, 1.54) is 0 Å². The Bertz CT molecular complexity index is 154. The van der Waals surface area contributed by atoms with E-state index in [0.29, 0.717) is 0 Å². The van der Waals surface area contributed by atoms with Crippen molar-refractivity contribution in [1.29, 1.82) is 0 Å². The Morgan fingerprint density at radius 1 is 1.08 bits per heavy atom. The van der Waals surface area contributed by atoms with Crippen molar-refractivity contribution in [3.05, 3.63) is 0 Å². The highest BCUT2D eigenvalue weighted by Crippen LogP contribution is 2.39. The normalized spacial score (nSPS) is 46.5. The molecule has 3 heterocycles. The number of fused-ring (bicyclic) bond motifs is 3. The maximum Gasteiger partial charge on any atom is 0.282 e. The minimum atomic E-state index is -0.688. The van der Waals surface area contributed by atoms with E-state index < -0.39 is 5.97 Å². The first-order valence-corrected chi connectivity index (χ1v) is 4.60. The van der Waals surface area contributed by atoms with Crippen LogP contribution in [0.4, 0.5) is 0 Å². The van der Waals surface area contributed by atoms with Crippen molar-refractivity contribution in [1.82, 2.24) is 0 Å². The average molecular weight is 172 g/mol. The van der Waals surface area contributed by atoms with Gasteiger partial charge in [-0.1, -0.05) is 13.8 Å². The molecule has 0 aromatic rings. The van der Waals surface area contributed by atoms with Gasteiger partial charge in [0.05, 0.1) is 19.8 Å². The highest BCUT2D eigenvalue weighted by atomic mass is 16.9. The molecular weight excluding hydrogens is 156 g/mol. The Morgan fingerprint density at radius 3 is 2.00 bits per heavy atom. The molecule has 0 spiro atoms. The van der Waals surface area contributed by atoms with E-state index in [0.717, 1.165) is 32.7 Å². The van der Waals surface area contributed by atoms with Crippen molar-refractivity contribution in [2.75, 3.05) is 19.8 Å². The highest BCUT2D eigenvalue weighted by molar-refractivity contribution is 4.84. The van der Waals surface area contributed by atoms with Gasteiger partial charge in [0.2, 0.25) is 0 Å². The van der Waals surface area contributed by atoms with Gasteiger partial charge in [0.1, 0.15) is 0 Å². The van der Waals surface area contributed by atoms with E-state index in [9.17, 15) is 0 Å². The zero-order valence-corrected chi connectivity index (χ0v) is 7.76. The van der Waals surface area contributed by atoms with Crippen LogP contribution >= 0.6 is 0 Å². The molecule has 0 N–H and O–H groups in total. The first-order chi connectivity index (χ1) is 5.68. The van der Waals surface area contributed by atoms with Gasteiger partial charge in [-0.3, -0.25) is 0 Å². The Morgan fingerprint density at radius 2 is 1.58 bits per heavy atom. The topological polar surface area (TPSA) is 27.7 Å². The molecule has 0 aliphatic carbocycles. The minimum Gasteiger partial charge on any atom is -0.327 e. The summed E-state index contributed by atoms with van der Waals surface area (Å²) in [5.74, 6) is -0.688. The van der Waals surface area contributed by atoms with Gasteiger partial charge in [-0.25, -0.2) is 0 Å². The number of hydrogen-bond acceptors (Lipinski definition) is 3. The van der Waals surface area contributed by atoms with Gasteiger partial charge < -0.3 is 14.2 Å². The van der Waals surface area contributed by atoms with Gasteiger partial charge in [0, 0.05) is 11.8 Å². The first-order valence-electron chi connectivity index (χ1n) is 4.60. The molecule has 0 amide bonds. The summed E-state index contributed by atoms with van der Waals surface area (Å²) in [5, 5.41) is 0. The molecule has 3 saturated heterocycles. The first kappa shape index (κ1) is 8.48. The van der Waals surface area contributed by atoms with Gasteiger partial charge in [0.25, 0.3) is 5.97 Å². The Balaban J connectivity index is 2.04. The third-order valence-electron chi connectivity index (χ3n) is 2.48. The van der Waals surface area contributed by atoms with Gasteiger partial charge >= 0.3 is 0 Å². The average Bonchev–Trinajstić information content (AvgIpc) is 2.08. The molecule has 0 unspecified atom stereocenters. The number of rotatable bonds is 2. The van der Waals surface area contributed by atoms with Crippen molar-refractivity contribution in [2.45, 2.75) is 32.7 Å². The van der Waals surface area contributed by atoms with E-state index in [4.69, 9.17) is 14.2 Å². The van der Waals surface area contributed by atoms with Crippen LogP contribution in [0.15, 0.2) is 0 Å². The Hall–Kier alpha value is -0.120. The Labute approximate surface area is 73.0 Å². The Kier molecular flexibility index (Phi) is 1.90. The van der Waals surface area contributed by atoms with Gasteiger partial charge in [-0.2, -0.15) is 0 Å². The van der Waals surface area contributed by atoms with E-state index in [2.05, 4.69) is 13.8 Å². The van der Waals surface area contributed by atoms with Crippen LogP contribution in [0.3, 0.4) is 0 Å². The third kappa shape index (κ3) is 1.26. The summed E-state index contributed by atoms with van der Waals surface area (Å²) in [4.78, 5) is 0. The summed E-state index contributed by atoms with van der Waals surface area (Å²) in [6, 6.07) is 0. The zero-order valence-electron chi connectivity index (χ0n) is 7.76. The smallest absolute Gasteiger partial charge is 0.282 e. The van der Waals surface area contributed by atoms with Crippen molar-refractivity contribution in [2.24, 2.45) is 5.41 Å². The quantitative estimate of drug-likeness (QED) is 0.632. The van der Waals surface area contributed by atoms with Crippen molar-refractivity contribution >= 4 is 0 Å². The lowest BCUT2D eigenvalue weighted by atomic mass is 9.91. The van der Waals surface area contributed by atoms with Gasteiger partial charge in [0.15, 0.2) is 0 Å². The van der Waals surface area contributed by atoms with Gasteiger partial charge in [-0.15, -0.1) is 0 Å². The van der Waals surface area contributed by atoms with E-state index >= 15 is 0 Å². The second-order valence-electron chi connectivity index (χ2n) is 4.11. The van der Waals surface area contributed by atoms with Crippen LogP contribution in [-0.2, 0) is 14.2 Å². The lowest BCUT2D eigenvalue weighted by molar-refractivity contribution is -0.467. The lowest BCUT2D eigenvalue weighted by Gasteiger charge is -2.50. The summed E-state index contributed by atoms with van der Waals surface area (Å²) in [6.07, 6.45) is 1.86. The van der Waals surface area contributed by atoms with Crippen LogP contribution in [0.25, 0.3) is 0 Å². The molecular formula is C9H16O3. The van der Waals surface area contributed by atoms with Crippen LogP contribution < -0.4 is 0 Å². The fourth-order valence-electron chi connectivity index (χ4n) is 1.63. The molecule has 12 heavy (non-hydrogen) atoms. The standard InChI is InChI=1S/C9H16O3/c1-3-4-9-10-5-8(2,6-11-9)7-12-9/h3-7H2,1-2H3. The van der Waals surface area contributed by atoms with Crippen molar-refractivity contribution in [3.8, 4) is 0 Å². The zero-order chi connectivity index (χ0) is 8.66. The molecule has 0 radical (unpaired) electrons. The van der Waals surface area contributed by atoms with E-state index in [1.807, 2.05) is 0 Å². The summed E-state index contributed by atoms with van der Waals surface area (Å²) in [6.45, 7) is 6.54. The van der Waals surface area contributed by atoms with Crippen molar-refractivity contribution < 1.29 is 14.2 Å². The summed E-state index contributed by atoms with van der Waals surface area (Å²) >= 11 is 0. The van der Waals surface area contributed by atoms with E-state index in [1.54, 1.807) is 0 Å². The fourth-order valence-corrected chi connectivity index (χ4v) is 1.63. The molecule has 0 saturated carbocycles. The molecule has 3 aliphatic rings. The van der Waals surface area contributed by atoms with Gasteiger partial charge in [-0.05, 0) is 6.42 Å². The maximum absolute atomic E-state index is 5.56. The molecule has 70 valence electrons. The molecule has 0 atom stereocenters. The lowest BCUT2D eigenvalue weighted by Crippen LogP contribution is -2.58. The molecule has 2 bridgehead atoms. The predicted molar refractivity (Wildman–Crippen MR) is 43.6 cm³/mol. The third-order valence-corrected chi connectivity index (χ3v) is 2.48. The van der Waals surface area contributed by atoms with E-state index in [-0.39, 0.29) is 5.41 Å². The monoisotopic (exact) mass is 172 g/mol. The second-order valence-corrected chi connectivity index (χ2v) is 4.11. The van der Waals surface area contributed by atoms with Crippen LogP contribution in [0.2, 0.25) is 0 Å². The van der Waals surface area contributed by atoms with Crippen LogP contribution in [0.5, 0.6) is 0 Å². The molecule has 3 heteroatoms. The molecule has 3 rings (SSSR count). The number of hydrogen-bond donors (Lipinski definition) is 0. The fraction of sp³-hybridized carbons (Fsp3) is 1.00. The highest BCUT2D eigenvalue weighted by Gasteiger charge is 2.49. The molecule has 3 nitrogen and oxygen atoms in total. The molecule has 3 fully saturated rings. The molecule has 3 aliphatic heterocycles.